The quantitative estimate of drug-likeness (QED) is 0.898. The van der Waals surface area contributed by atoms with Crippen LogP contribution in [0.25, 0.3) is 0 Å². The molecule has 0 bridgehead atoms. The van der Waals surface area contributed by atoms with Crippen molar-refractivity contribution in [3.8, 4) is 0 Å². The summed E-state index contributed by atoms with van der Waals surface area (Å²) < 4.78 is 19.3. The van der Waals surface area contributed by atoms with Gasteiger partial charge in [0, 0.05) is 17.5 Å². The zero-order chi connectivity index (χ0) is 13.3. The maximum atomic E-state index is 14.0. The van der Waals surface area contributed by atoms with E-state index in [9.17, 15) is 9.50 Å². The topological polar surface area (TPSA) is 33.4 Å². The van der Waals surface area contributed by atoms with Gasteiger partial charge in [-0.2, -0.15) is 0 Å². The van der Waals surface area contributed by atoms with Crippen LogP contribution in [0, 0.1) is 19.7 Å². The summed E-state index contributed by atoms with van der Waals surface area (Å²) in [5, 5.41) is 10.3. The molecule has 2 rings (SSSR count). The molecule has 1 N–H and O–H groups in total. The second kappa shape index (κ2) is 4.94. The third kappa shape index (κ3) is 2.18. The molecule has 2 aromatic rings. The fraction of sp³-hybridized carbons (Fsp3) is 0.333. The van der Waals surface area contributed by atoms with E-state index in [1.54, 1.807) is 13.0 Å². The van der Waals surface area contributed by atoms with Crippen LogP contribution in [-0.2, 0) is 6.42 Å². The fourth-order valence-electron chi connectivity index (χ4n) is 2.31. The monoisotopic (exact) mass is 248 g/mol. The van der Waals surface area contributed by atoms with E-state index >= 15 is 0 Å². The molecule has 0 amide bonds. The lowest BCUT2D eigenvalue weighted by atomic mass is 9.95. The minimum atomic E-state index is -0.973. The van der Waals surface area contributed by atoms with Gasteiger partial charge in [0.1, 0.15) is 17.7 Å². The third-order valence-corrected chi connectivity index (χ3v) is 3.15. The normalized spacial score (nSPS) is 12.7. The molecule has 1 atom stereocenters. The molecule has 0 aliphatic carbocycles. The molecule has 0 fully saturated rings. The molecule has 0 spiro atoms. The highest BCUT2D eigenvalue weighted by atomic mass is 19.1. The lowest BCUT2D eigenvalue weighted by Gasteiger charge is -2.15. The van der Waals surface area contributed by atoms with Gasteiger partial charge in [0.05, 0.1) is 6.26 Å². The van der Waals surface area contributed by atoms with E-state index in [1.165, 1.54) is 12.3 Å². The number of furan rings is 1. The van der Waals surface area contributed by atoms with Crippen LogP contribution in [0.3, 0.4) is 0 Å². The number of hydrogen-bond acceptors (Lipinski definition) is 2. The first-order valence-corrected chi connectivity index (χ1v) is 6.05. The number of rotatable bonds is 3. The number of hydrogen-bond donors (Lipinski definition) is 1. The number of benzene rings is 1. The van der Waals surface area contributed by atoms with Crippen LogP contribution in [0.5, 0.6) is 0 Å². The average Bonchev–Trinajstić information content (AvgIpc) is 2.75. The van der Waals surface area contributed by atoms with Crippen molar-refractivity contribution in [1.29, 1.82) is 0 Å². The molecule has 0 radical (unpaired) electrons. The Hall–Kier alpha value is -1.61. The molecular formula is C15H17FO2. The first-order valence-electron chi connectivity index (χ1n) is 6.05. The van der Waals surface area contributed by atoms with Gasteiger partial charge in [0.2, 0.25) is 0 Å². The molecular weight excluding hydrogens is 231 g/mol. The van der Waals surface area contributed by atoms with E-state index in [4.69, 9.17) is 4.42 Å². The molecule has 18 heavy (non-hydrogen) atoms. The van der Waals surface area contributed by atoms with Gasteiger partial charge in [-0.15, -0.1) is 0 Å². The Bertz CT molecular complexity index is 534. The summed E-state index contributed by atoms with van der Waals surface area (Å²) in [5.41, 5.74) is 2.58. The Morgan fingerprint density at radius 1 is 1.33 bits per heavy atom. The van der Waals surface area contributed by atoms with Gasteiger partial charge in [-0.05, 0) is 37.1 Å². The summed E-state index contributed by atoms with van der Waals surface area (Å²) in [6.07, 6.45) is 1.23. The molecule has 3 heteroatoms. The highest BCUT2D eigenvalue weighted by Crippen LogP contribution is 2.30. The van der Waals surface area contributed by atoms with Gasteiger partial charge in [-0.3, -0.25) is 0 Å². The summed E-state index contributed by atoms with van der Waals surface area (Å²) in [7, 11) is 0. The summed E-state index contributed by atoms with van der Waals surface area (Å²) in [5.74, 6) is 0.324. The van der Waals surface area contributed by atoms with Crippen molar-refractivity contribution in [2.45, 2.75) is 33.3 Å². The van der Waals surface area contributed by atoms with Gasteiger partial charge >= 0.3 is 0 Å². The van der Waals surface area contributed by atoms with E-state index in [1.807, 2.05) is 19.9 Å². The largest absolute Gasteiger partial charge is 0.469 e. The summed E-state index contributed by atoms with van der Waals surface area (Å²) in [6.45, 7) is 5.58. The third-order valence-electron chi connectivity index (χ3n) is 3.15. The standard InChI is InChI=1S/C15H17FO2/c1-4-13-11(5-6-18-13)15(17)14-10(3)7-9(2)8-12(14)16/h5-8,15,17H,4H2,1-3H3. The van der Waals surface area contributed by atoms with Crippen LogP contribution in [0.4, 0.5) is 4.39 Å². The predicted octanol–water partition coefficient (Wildman–Crippen LogP) is 3.68. The SMILES string of the molecule is CCc1occc1C(O)c1c(C)cc(C)cc1F. The van der Waals surface area contributed by atoms with Crippen molar-refractivity contribution in [2.24, 2.45) is 0 Å². The van der Waals surface area contributed by atoms with Crippen LogP contribution in [0.2, 0.25) is 0 Å². The van der Waals surface area contributed by atoms with E-state index in [0.29, 0.717) is 23.3 Å². The van der Waals surface area contributed by atoms with Gasteiger partial charge in [-0.25, -0.2) is 4.39 Å². The lowest BCUT2D eigenvalue weighted by molar-refractivity contribution is 0.211. The summed E-state index contributed by atoms with van der Waals surface area (Å²) in [4.78, 5) is 0. The van der Waals surface area contributed by atoms with E-state index < -0.39 is 6.10 Å². The molecule has 0 aliphatic rings. The Labute approximate surface area is 106 Å². The van der Waals surface area contributed by atoms with Crippen molar-refractivity contribution in [3.63, 3.8) is 0 Å². The summed E-state index contributed by atoms with van der Waals surface area (Å²) in [6, 6.07) is 5.01. The average molecular weight is 248 g/mol. The fourth-order valence-corrected chi connectivity index (χ4v) is 2.31. The van der Waals surface area contributed by atoms with Crippen LogP contribution in [0.15, 0.2) is 28.9 Å². The Morgan fingerprint density at radius 2 is 2.06 bits per heavy atom. The van der Waals surface area contributed by atoms with Crippen molar-refractivity contribution in [3.05, 3.63) is 58.3 Å². The molecule has 0 saturated carbocycles. The molecule has 0 saturated heterocycles. The van der Waals surface area contributed by atoms with Crippen LogP contribution in [-0.4, -0.2) is 5.11 Å². The number of halogens is 1. The second-order valence-corrected chi connectivity index (χ2v) is 4.53. The highest BCUT2D eigenvalue weighted by molar-refractivity contribution is 5.39. The zero-order valence-corrected chi connectivity index (χ0v) is 10.8. The maximum Gasteiger partial charge on any atom is 0.129 e. The molecule has 0 aliphatic heterocycles. The van der Waals surface area contributed by atoms with Crippen molar-refractivity contribution in [2.75, 3.05) is 0 Å². The van der Waals surface area contributed by atoms with Gasteiger partial charge < -0.3 is 9.52 Å². The Balaban J connectivity index is 2.49. The number of aliphatic hydroxyl groups is 1. The minimum absolute atomic E-state index is 0.330. The van der Waals surface area contributed by atoms with Crippen LogP contribution in [0.1, 0.15) is 41.0 Å². The zero-order valence-electron chi connectivity index (χ0n) is 10.8. The molecule has 2 nitrogen and oxygen atoms in total. The number of aliphatic hydroxyl groups excluding tert-OH is 1. The molecule has 96 valence electrons. The highest BCUT2D eigenvalue weighted by Gasteiger charge is 2.21. The number of aryl methyl sites for hydroxylation is 3. The van der Waals surface area contributed by atoms with E-state index in [2.05, 4.69) is 0 Å². The van der Waals surface area contributed by atoms with Crippen LogP contribution >= 0.6 is 0 Å². The smallest absolute Gasteiger partial charge is 0.129 e. The Kier molecular flexibility index (Phi) is 3.53. The molecule has 1 heterocycles. The second-order valence-electron chi connectivity index (χ2n) is 4.53. The Morgan fingerprint density at radius 3 is 2.67 bits per heavy atom. The maximum absolute atomic E-state index is 14.0. The first-order chi connectivity index (χ1) is 8.54. The molecule has 1 aromatic carbocycles. The minimum Gasteiger partial charge on any atom is -0.469 e. The van der Waals surface area contributed by atoms with Crippen molar-refractivity contribution < 1.29 is 13.9 Å². The van der Waals surface area contributed by atoms with Gasteiger partial charge in [-0.1, -0.05) is 13.0 Å². The van der Waals surface area contributed by atoms with Crippen LogP contribution < -0.4 is 0 Å². The van der Waals surface area contributed by atoms with E-state index in [-0.39, 0.29) is 5.82 Å². The molecule has 1 unspecified atom stereocenters. The molecule has 1 aromatic heterocycles. The van der Waals surface area contributed by atoms with Gasteiger partial charge in [0.25, 0.3) is 0 Å². The lowest BCUT2D eigenvalue weighted by Crippen LogP contribution is -2.06. The predicted molar refractivity (Wildman–Crippen MR) is 68.0 cm³/mol. The van der Waals surface area contributed by atoms with Gasteiger partial charge in [0.15, 0.2) is 0 Å². The van der Waals surface area contributed by atoms with E-state index in [0.717, 1.165) is 11.1 Å². The van der Waals surface area contributed by atoms with Crippen molar-refractivity contribution >= 4 is 0 Å². The van der Waals surface area contributed by atoms with Crippen molar-refractivity contribution in [1.82, 2.24) is 0 Å². The summed E-state index contributed by atoms with van der Waals surface area (Å²) >= 11 is 0. The first kappa shape index (κ1) is 12.8.